The summed E-state index contributed by atoms with van der Waals surface area (Å²) in [5, 5.41) is 5.65. The molecule has 1 unspecified atom stereocenters. The van der Waals surface area contributed by atoms with E-state index in [1.807, 2.05) is 0 Å². The molecule has 0 saturated heterocycles. The lowest BCUT2D eigenvalue weighted by Crippen LogP contribution is -2.11. The molecule has 1 amide bonds. The molecule has 72 valence electrons. The number of carbonyl (C=O) groups excluding carboxylic acids is 1. The molecule has 0 spiro atoms. The number of nitrogens with one attached hydrogen (secondary N) is 1. The molecule has 0 saturated carbocycles. The van der Waals surface area contributed by atoms with Gasteiger partial charge in [-0.3, -0.25) is 9.00 Å². The molecule has 1 aromatic rings. The summed E-state index contributed by atoms with van der Waals surface area (Å²) in [5.74, 6) is -0.967. The van der Waals surface area contributed by atoms with Gasteiger partial charge in [-0.1, -0.05) is 5.16 Å². The highest BCUT2D eigenvalue weighted by molar-refractivity contribution is 7.79. The molecule has 0 fully saturated rings. The Morgan fingerprint density at radius 1 is 1.85 bits per heavy atom. The first-order valence-corrected chi connectivity index (χ1v) is 4.40. The third-order valence-corrected chi connectivity index (χ3v) is 1.51. The molecule has 0 aromatic carbocycles. The monoisotopic (exact) mass is 204 g/mol. The molecule has 7 nitrogen and oxygen atoms in total. The maximum Gasteiger partial charge on any atom is 0.270 e. The molecular formula is C5H6N3O4S-. The van der Waals surface area contributed by atoms with Crippen LogP contribution in [0.25, 0.3) is 0 Å². The van der Waals surface area contributed by atoms with Gasteiger partial charge in [0.15, 0.2) is 5.69 Å². The summed E-state index contributed by atoms with van der Waals surface area (Å²) in [6.07, 6.45) is 0. The minimum Gasteiger partial charge on any atom is -0.771 e. The highest BCUT2D eigenvalue weighted by Crippen LogP contribution is 2.08. The predicted molar refractivity (Wildman–Crippen MR) is 42.4 cm³/mol. The van der Waals surface area contributed by atoms with E-state index in [1.165, 1.54) is 6.07 Å². The lowest BCUT2D eigenvalue weighted by molar-refractivity contribution is 0.0992. The van der Waals surface area contributed by atoms with Gasteiger partial charge in [-0.25, -0.2) is 0 Å². The first kappa shape index (κ1) is 9.68. The Morgan fingerprint density at radius 3 is 3.00 bits per heavy atom. The molecule has 0 radical (unpaired) electrons. The van der Waals surface area contributed by atoms with Crippen LogP contribution in [0.1, 0.15) is 10.5 Å². The van der Waals surface area contributed by atoms with Crippen LogP contribution in [0.5, 0.6) is 0 Å². The van der Waals surface area contributed by atoms with Gasteiger partial charge in [0.1, 0.15) is 0 Å². The number of carbonyl (C=O) groups is 1. The summed E-state index contributed by atoms with van der Waals surface area (Å²) in [6.45, 7) is 0. The van der Waals surface area contributed by atoms with Gasteiger partial charge in [-0.15, -0.1) is 0 Å². The molecule has 13 heavy (non-hydrogen) atoms. The molecule has 3 N–H and O–H groups in total. The fourth-order valence-electron chi connectivity index (χ4n) is 0.605. The van der Waals surface area contributed by atoms with Crippen molar-refractivity contribution >= 4 is 22.9 Å². The molecule has 1 rings (SSSR count). The van der Waals surface area contributed by atoms with Gasteiger partial charge in [0.25, 0.3) is 5.91 Å². The highest BCUT2D eigenvalue weighted by Gasteiger charge is 2.07. The lowest BCUT2D eigenvalue weighted by Gasteiger charge is -2.03. The zero-order valence-electron chi connectivity index (χ0n) is 6.35. The number of hydrogen-bond acceptors (Lipinski definition) is 6. The first-order chi connectivity index (χ1) is 6.09. The van der Waals surface area contributed by atoms with Crippen molar-refractivity contribution in [3.8, 4) is 0 Å². The van der Waals surface area contributed by atoms with Crippen molar-refractivity contribution in [1.29, 1.82) is 0 Å². The fourth-order valence-corrected chi connectivity index (χ4v) is 0.865. The number of anilines is 1. The molecular weight excluding hydrogens is 198 g/mol. The molecule has 1 heterocycles. The van der Waals surface area contributed by atoms with E-state index in [2.05, 4.69) is 15.0 Å². The summed E-state index contributed by atoms with van der Waals surface area (Å²) in [5.41, 5.74) is 4.82. The summed E-state index contributed by atoms with van der Waals surface area (Å²) in [7, 11) is 0. The van der Waals surface area contributed by atoms with Crippen LogP contribution in [0, 0.1) is 0 Å². The third-order valence-electron chi connectivity index (χ3n) is 1.13. The lowest BCUT2D eigenvalue weighted by atomic mass is 10.4. The van der Waals surface area contributed by atoms with Crippen LogP contribution in [0.2, 0.25) is 0 Å². The number of primary amides is 1. The van der Waals surface area contributed by atoms with Crippen molar-refractivity contribution in [2.45, 2.75) is 0 Å². The van der Waals surface area contributed by atoms with Crippen molar-refractivity contribution < 1.29 is 18.1 Å². The maximum absolute atomic E-state index is 10.5. The maximum atomic E-state index is 10.5. The van der Waals surface area contributed by atoms with E-state index < -0.39 is 17.0 Å². The number of aromatic nitrogens is 1. The van der Waals surface area contributed by atoms with Crippen LogP contribution in [0.15, 0.2) is 10.6 Å². The van der Waals surface area contributed by atoms with E-state index >= 15 is 0 Å². The second kappa shape index (κ2) is 4.01. The first-order valence-electron chi connectivity index (χ1n) is 3.16. The quantitative estimate of drug-likeness (QED) is 0.608. The van der Waals surface area contributed by atoms with Gasteiger partial charge < -0.3 is 20.1 Å². The zero-order chi connectivity index (χ0) is 9.84. The molecule has 1 atom stereocenters. The van der Waals surface area contributed by atoms with Crippen LogP contribution in [0.3, 0.4) is 0 Å². The van der Waals surface area contributed by atoms with Gasteiger partial charge in [0.2, 0.25) is 5.88 Å². The van der Waals surface area contributed by atoms with Gasteiger partial charge in [-0.2, -0.15) is 0 Å². The van der Waals surface area contributed by atoms with Crippen LogP contribution in [-0.2, 0) is 11.1 Å². The van der Waals surface area contributed by atoms with Gasteiger partial charge in [-0.05, 0) is 11.1 Å². The van der Waals surface area contributed by atoms with E-state index in [0.29, 0.717) is 0 Å². The smallest absolute Gasteiger partial charge is 0.270 e. The second-order valence-electron chi connectivity index (χ2n) is 2.07. The van der Waals surface area contributed by atoms with Crippen LogP contribution in [0.4, 0.5) is 5.88 Å². The van der Waals surface area contributed by atoms with Gasteiger partial charge >= 0.3 is 0 Å². The molecule has 1 aromatic heterocycles. The minimum atomic E-state index is -2.23. The second-order valence-corrected chi connectivity index (χ2v) is 2.96. The number of amides is 1. The van der Waals surface area contributed by atoms with Crippen molar-refractivity contribution in [2.24, 2.45) is 5.73 Å². The number of nitrogens with two attached hydrogens (primary N) is 1. The van der Waals surface area contributed by atoms with E-state index in [4.69, 9.17) is 5.73 Å². The zero-order valence-corrected chi connectivity index (χ0v) is 7.17. The van der Waals surface area contributed by atoms with Crippen LogP contribution in [-0.4, -0.2) is 25.7 Å². The summed E-state index contributed by atoms with van der Waals surface area (Å²) in [4.78, 5) is 10.5. The largest absolute Gasteiger partial charge is 0.771 e. The van der Waals surface area contributed by atoms with E-state index in [-0.39, 0.29) is 17.5 Å². The Kier molecular flexibility index (Phi) is 2.98. The Morgan fingerprint density at radius 2 is 2.54 bits per heavy atom. The van der Waals surface area contributed by atoms with Crippen LogP contribution < -0.4 is 11.1 Å². The number of nitrogens with zero attached hydrogens (tertiary/aromatic N) is 1. The predicted octanol–water partition coefficient (Wildman–Crippen LogP) is -0.978. The normalized spacial score (nSPS) is 12.4. The Hall–Kier alpha value is -1.41. The standard InChI is InChI=1S/C5H7N3O4S/c6-5(9)3-1-4(12-8-3)7-2-13(10)11/h1,7H,2H2,(H2,6,9)(H,10,11)/p-1. The SMILES string of the molecule is NC(=O)c1cc(NCS(=O)[O-])on1. The van der Waals surface area contributed by atoms with E-state index in [9.17, 15) is 13.6 Å². The van der Waals surface area contributed by atoms with Crippen LogP contribution >= 0.6 is 0 Å². The molecule has 0 aliphatic rings. The van der Waals surface area contributed by atoms with E-state index in [0.717, 1.165) is 0 Å². The molecule has 0 aliphatic carbocycles. The minimum absolute atomic E-state index is 0.0563. The molecule has 8 heteroatoms. The van der Waals surface area contributed by atoms with Gasteiger partial charge in [0.05, 0.1) is 5.88 Å². The topological polar surface area (TPSA) is 121 Å². The van der Waals surface area contributed by atoms with Crippen molar-refractivity contribution in [1.82, 2.24) is 5.16 Å². The summed E-state index contributed by atoms with van der Waals surface area (Å²) < 4.78 is 24.7. The molecule has 0 bridgehead atoms. The fraction of sp³-hybridized carbons (Fsp3) is 0.200. The number of hydrogen-bond donors (Lipinski definition) is 2. The molecule has 0 aliphatic heterocycles. The van der Waals surface area contributed by atoms with Crippen molar-refractivity contribution in [3.05, 3.63) is 11.8 Å². The average molecular weight is 204 g/mol. The Labute approximate surface area is 75.6 Å². The Bertz CT molecular complexity index is 336. The van der Waals surface area contributed by atoms with Crippen molar-refractivity contribution in [3.63, 3.8) is 0 Å². The summed E-state index contributed by atoms with van der Waals surface area (Å²) >= 11 is -2.23. The third kappa shape index (κ3) is 2.84. The number of rotatable bonds is 4. The van der Waals surface area contributed by atoms with E-state index in [1.54, 1.807) is 0 Å². The Balaban J connectivity index is 2.59. The summed E-state index contributed by atoms with van der Waals surface area (Å²) in [6, 6.07) is 1.22. The van der Waals surface area contributed by atoms with Crippen molar-refractivity contribution in [2.75, 3.05) is 11.2 Å². The van der Waals surface area contributed by atoms with Gasteiger partial charge in [0, 0.05) is 6.07 Å². The average Bonchev–Trinajstić information content (AvgIpc) is 2.48. The highest BCUT2D eigenvalue weighted by atomic mass is 32.2.